The Morgan fingerprint density at radius 2 is 1.80 bits per heavy atom. The lowest BCUT2D eigenvalue weighted by Crippen LogP contribution is -2.12. The van der Waals surface area contributed by atoms with Gasteiger partial charge in [0.05, 0.1) is 5.70 Å². The summed E-state index contributed by atoms with van der Waals surface area (Å²) in [5, 5.41) is 2.76. The second kappa shape index (κ2) is 8.21. The van der Waals surface area contributed by atoms with Crippen LogP contribution in [0.2, 0.25) is 0 Å². The van der Waals surface area contributed by atoms with Crippen molar-refractivity contribution in [2.45, 2.75) is 27.7 Å². The van der Waals surface area contributed by atoms with Crippen molar-refractivity contribution in [3.05, 3.63) is 11.8 Å². The first-order valence-corrected chi connectivity index (χ1v) is 3.57. The molecule has 0 aliphatic carbocycles. The van der Waals surface area contributed by atoms with E-state index in [-0.39, 0.29) is 5.78 Å². The number of carbonyl (C=O) groups is 1. The van der Waals surface area contributed by atoms with Crippen LogP contribution in [0.1, 0.15) is 27.7 Å². The van der Waals surface area contributed by atoms with E-state index in [9.17, 15) is 4.79 Å². The van der Waals surface area contributed by atoms with Crippen LogP contribution in [0.25, 0.3) is 0 Å². The Morgan fingerprint density at radius 3 is 1.80 bits per heavy atom. The molecule has 0 spiro atoms. The van der Waals surface area contributed by atoms with Crippen molar-refractivity contribution < 1.29 is 4.79 Å². The van der Waals surface area contributed by atoms with Crippen LogP contribution in [0.4, 0.5) is 0 Å². The molecule has 1 N–H and O–H groups in total. The number of ketones is 1. The van der Waals surface area contributed by atoms with E-state index in [2.05, 4.69) is 5.32 Å². The summed E-state index contributed by atoms with van der Waals surface area (Å²) in [6.07, 6.45) is 1.75. The molecule has 0 radical (unpaired) electrons. The molecule has 2 heteroatoms. The zero-order valence-corrected chi connectivity index (χ0v) is 7.49. The molecule has 0 rings (SSSR count). The van der Waals surface area contributed by atoms with Crippen molar-refractivity contribution in [1.82, 2.24) is 5.32 Å². The lowest BCUT2D eigenvalue weighted by molar-refractivity contribution is -0.113. The van der Waals surface area contributed by atoms with Gasteiger partial charge in [-0.15, -0.1) is 0 Å². The lowest BCUT2D eigenvalue weighted by atomic mass is 10.3. The largest absolute Gasteiger partial charge is 0.386 e. The van der Waals surface area contributed by atoms with Gasteiger partial charge in [-0.25, -0.2) is 0 Å². The van der Waals surface area contributed by atoms with Gasteiger partial charge in [0, 0.05) is 14.0 Å². The number of carbonyl (C=O) groups excluding carboxylic acids is 1. The van der Waals surface area contributed by atoms with Gasteiger partial charge in [-0.1, -0.05) is 19.9 Å². The topological polar surface area (TPSA) is 29.1 Å². The normalized spacial score (nSPS) is 9.50. The number of nitrogens with one attached hydrogen (secondary N) is 1. The third-order valence-electron chi connectivity index (χ3n) is 0.937. The summed E-state index contributed by atoms with van der Waals surface area (Å²) in [7, 11) is 1.73. The quantitative estimate of drug-likeness (QED) is 0.596. The van der Waals surface area contributed by atoms with Crippen LogP contribution in [0, 0.1) is 0 Å². The van der Waals surface area contributed by atoms with E-state index in [1.807, 2.05) is 20.8 Å². The fourth-order valence-corrected chi connectivity index (χ4v) is 0.524. The molecular formula is C8H17NO. The minimum Gasteiger partial charge on any atom is -0.386 e. The Bertz CT molecular complexity index is 116. The van der Waals surface area contributed by atoms with Crippen molar-refractivity contribution in [2.24, 2.45) is 0 Å². The predicted molar refractivity (Wildman–Crippen MR) is 44.8 cm³/mol. The average Bonchev–Trinajstić information content (AvgIpc) is 1.94. The minimum absolute atomic E-state index is 0.0787. The molecule has 0 saturated carbocycles. The average molecular weight is 143 g/mol. The van der Waals surface area contributed by atoms with Crippen molar-refractivity contribution in [3.63, 3.8) is 0 Å². The van der Waals surface area contributed by atoms with Gasteiger partial charge in [-0.2, -0.15) is 0 Å². The van der Waals surface area contributed by atoms with E-state index in [0.29, 0.717) is 5.70 Å². The summed E-state index contributed by atoms with van der Waals surface area (Å²) in [6.45, 7) is 7.36. The van der Waals surface area contributed by atoms with Gasteiger partial charge in [0.1, 0.15) is 0 Å². The lowest BCUT2D eigenvalue weighted by Gasteiger charge is -1.97. The zero-order valence-electron chi connectivity index (χ0n) is 7.49. The van der Waals surface area contributed by atoms with Crippen LogP contribution in [0.5, 0.6) is 0 Å². The summed E-state index contributed by atoms with van der Waals surface area (Å²) in [5.41, 5.74) is 0.671. The molecule has 60 valence electrons. The van der Waals surface area contributed by atoms with Crippen molar-refractivity contribution in [2.75, 3.05) is 7.05 Å². The molecule has 0 saturated heterocycles. The highest BCUT2D eigenvalue weighted by Gasteiger charge is 1.94. The Labute approximate surface area is 63.3 Å². The Hall–Kier alpha value is -0.790. The molecule has 0 amide bonds. The smallest absolute Gasteiger partial charge is 0.175 e. The van der Waals surface area contributed by atoms with Crippen LogP contribution >= 0.6 is 0 Å². The van der Waals surface area contributed by atoms with Gasteiger partial charge < -0.3 is 5.32 Å². The van der Waals surface area contributed by atoms with Crippen LogP contribution < -0.4 is 5.32 Å². The highest BCUT2D eigenvalue weighted by molar-refractivity contribution is 5.92. The first-order valence-electron chi connectivity index (χ1n) is 3.57. The maximum absolute atomic E-state index is 10.5. The van der Waals surface area contributed by atoms with Gasteiger partial charge in [-0.3, -0.25) is 4.79 Å². The molecule has 2 nitrogen and oxygen atoms in total. The molecule has 0 aromatic rings. The molecule has 0 aliphatic heterocycles. The van der Waals surface area contributed by atoms with E-state index >= 15 is 0 Å². The molecule has 0 atom stereocenters. The third kappa shape index (κ3) is 5.35. The maximum Gasteiger partial charge on any atom is 0.175 e. The van der Waals surface area contributed by atoms with Gasteiger partial charge in [0.15, 0.2) is 5.78 Å². The van der Waals surface area contributed by atoms with Gasteiger partial charge >= 0.3 is 0 Å². The maximum atomic E-state index is 10.5. The highest BCUT2D eigenvalue weighted by atomic mass is 16.1. The zero-order chi connectivity index (χ0) is 8.57. The van der Waals surface area contributed by atoms with Crippen molar-refractivity contribution in [3.8, 4) is 0 Å². The van der Waals surface area contributed by atoms with E-state index in [4.69, 9.17) is 0 Å². The van der Waals surface area contributed by atoms with Gasteiger partial charge in [0.2, 0.25) is 0 Å². The SMILES string of the molecule is C/C=C(\NC)C(C)=O.CC. The fourth-order valence-electron chi connectivity index (χ4n) is 0.524. The first kappa shape index (κ1) is 11.9. The van der Waals surface area contributed by atoms with Gasteiger partial charge in [0.25, 0.3) is 0 Å². The number of hydrogen-bond acceptors (Lipinski definition) is 2. The highest BCUT2D eigenvalue weighted by Crippen LogP contribution is 1.86. The van der Waals surface area contributed by atoms with Crippen LogP contribution in [0.15, 0.2) is 11.8 Å². The van der Waals surface area contributed by atoms with Crippen LogP contribution in [0.3, 0.4) is 0 Å². The molecule has 0 bridgehead atoms. The summed E-state index contributed by atoms with van der Waals surface area (Å²) in [4.78, 5) is 10.5. The second-order valence-corrected chi connectivity index (χ2v) is 1.51. The number of rotatable bonds is 2. The molecule has 0 aromatic heterocycles. The van der Waals surface area contributed by atoms with Crippen molar-refractivity contribution in [1.29, 1.82) is 0 Å². The second-order valence-electron chi connectivity index (χ2n) is 1.51. The summed E-state index contributed by atoms with van der Waals surface area (Å²) >= 11 is 0. The molecule has 0 fully saturated rings. The first-order chi connectivity index (χ1) is 4.72. The van der Waals surface area contributed by atoms with E-state index in [1.54, 1.807) is 13.1 Å². The van der Waals surface area contributed by atoms with Crippen molar-refractivity contribution >= 4 is 5.78 Å². The molecular weight excluding hydrogens is 126 g/mol. The Kier molecular flexibility index (Phi) is 9.80. The summed E-state index contributed by atoms with van der Waals surface area (Å²) < 4.78 is 0. The van der Waals surface area contributed by atoms with Crippen LogP contribution in [-0.4, -0.2) is 12.8 Å². The molecule has 0 heterocycles. The monoisotopic (exact) mass is 143 g/mol. The number of likely N-dealkylation sites (N-methyl/N-ethyl adjacent to an activating group) is 1. The summed E-state index contributed by atoms with van der Waals surface area (Å²) in [5.74, 6) is 0.0787. The third-order valence-corrected chi connectivity index (χ3v) is 0.937. The number of Topliss-reactive ketones (excluding diaryl/α,β-unsaturated/α-hetero) is 1. The number of allylic oxidation sites excluding steroid dienone is 2. The predicted octanol–water partition coefficient (Wildman–Crippen LogP) is 1.72. The van der Waals surface area contributed by atoms with E-state index < -0.39 is 0 Å². The molecule has 0 unspecified atom stereocenters. The Morgan fingerprint density at radius 1 is 1.40 bits per heavy atom. The molecule has 10 heavy (non-hydrogen) atoms. The van der Waals surface area contributed by atoms with E-state index in [0.717, 1.165) is 0 Å². The summed E-state index contributed by atoms with van der Waals surface area (Å²) in [6, 6.07) is 0. The van der Waals surface area contributed by atoms with E-state index in [1.165, 1.54) is 6.92 Å². The molecule has 0 aliphatic rings. The number of hydrogen-bond donors (Lipinski definition) is 1. The minimum atomic E-state index is 0.0787. The van der Waals surface area contributed by atoms with Crippen LogP contribution in [-0.2, 0) is 4.79 Å². The van der Waals surface area contributed by atoms with Gasteiger partial charge in [-0.05, 0) is 6.92 Å². The Balaban J connectivity index is 0. The fraction of sp³-hybridized carbons (Fsp3) is 0.625. The standard InChI is InChI=1S/C6H11NO.C2H6/c1-4-6(7-3)5(2)8;1-2/h4,7H,1-3H3;1-2H3/b6-4-;. The molecule has 0 aromatic carbocycles.